The summed E-state index contributed by atoms with van der Waals surface area (Å²) in [7, 11) is 2.15. The summed E-state index contributed by atoms with van der Waals surface area (Å²) in [6.45, 7) is 3.97. The maximum Gasteiger partial charge on any atom is 0.0416 e. The largest absolute Gasteiger partial charge is 0.329 e. The zero-order chi connectivity index (χ0) is 11.8. The molecule has 0 saturated heterocycles. The minimum Gasteiger partial charge on any atom is -0.329 e. The Bertz CT molecular complexity index is 274. The third-order valence-electron chi connectivity index (χ3n) is 2.96. The zero-order valence-corrected chi connectivity index (χ0v) is 10.4. The van der Waals surface area contributed by atoms with Gasteiger partial charge in [0, 0.05) is 37.4 Å². The molecule has 1 rings (SSSR count). The first-order valence-corrected chi connectivity index (χ1v) is 6.08. The molecule has 0 bridgehead atoms. The predicted molar refractivity (Wildman–Crippen MR) is 68.3 cm³/mol. The van der Waals surface area contributed by atoms with Crippen LogP contribution in [0.15, 0.2) is 24.4 Å². The Morgan fingerprint density at radius 1 is 1.44 bits per heavy atom. The van der Waals surface area contributed by atoms with Crippen LogP contribution in [0.2, 0.25) is 0 Å². The number of rotatable bonds is 7. The molecule has 1 heterocycles. The van der Waals surface area contributed by atoms with Gasteiger partial charge in [0.15, 0.2) is 0 Å². The molecule has 2 N–H and O–H groups in total. The summed E-state index contributed by atoms with van der Waals surface area (Å²) in [6, 6.07) is 6.57. The predicted octanol–water partition coefficient (Wildman–Crippen LogP) is 1.68. The molecule has 90 valence electrons. The lowest BCUT2D eigenvalue weighted by Crippen LogP contribution is -2.38. The highest BCUT2D eigenvalue weighted by Crippen LogP contribution is 2.05. The highest BCUT2D eigenvalue weighted by atomic mass is 15.1. The van der Waals surface area contributed by atoms with Crippen LogP contribution in [0.3, 0.4) is 0 Å². The van der Waals surface area contributed by atoms with Crippen LogP contribution in [0.4, 0.5) is 0 Å². The van der Waals surface area contributed by atoms with Gasteiger partial charge in [-0.05, 0) is 25.6 Å². The normalized spacial score (nSPS) is 13.0. The van der Waals surface area contributed by atoms with E-state index in [-0.39, 0.29) is 0 Å². The molecule has 3 nitrogen and oxygen atoms in total. The van der Waals surface area contributed by atoms with Gasteiger partial charge in [0.05, 0.1) is 0 Å². The molecule has 0 radical (unpaired) electrons. The van der Waals surface area contributed by atoms with Gasteiger partial charge < -0.3 is 10.6 Å². The Balaban J connectivity index is 2.36. The van der Waals surface area contributed by atoms with Gasteiger partial charge in [-0.1, -0.05) is 19.4 Å². The molecule has 0 aromatic carbocycles. The fourth-order valence-electron chi connectivity index (χ4n) is 1.87. The van der Waals surface area contributed by atoms with E-state index in [2.05, 4.69) is 29.9 Å². The molecule has 1 unspecified atom stereocenters. The van der Waals surface area contributed by atoms with Crippen molar-refractivity contribution >= 4 is 0 Å². The van der Waals surface area contributed by atoms with Crippen LogP contribution in [0.25, 0.3) is 0 Å². The third kappa shape index (κ3) is 4.29. The van der Waals surface area contributed by atoms with E-state index in [4.69, 9.17) is 5.73 Å². The Hall–Kier alpha value is -0.930. The van der Waals surface area contributed by atoms with Crippen LogP contribution in [0, 0.1) is 0 Å². The quantitative estimate of drug-likeness (QED) is 0.762. The first kappa shape index (κ1) is 13.1. The van der Waals surface area contributed by atoms with E-state index < -0.39 is 0 Å². The van der Waals surface area contributed by atoms with Gasteiger partial charge in [0.25, 0.3) is 0 Å². The molecule has 1 atom stereocenters. The molecular weight excluding hydrogens is 198 g/mol. The number of hydrogen-bond acceptors (Lipinski definition) is 3. The molecular formula is C13H23N3. The SMILES string of the molecule is CCCC(CN)N(C)CCc1ccccn1. The van der Waals surface area contributed by atoms with Gasteiger partial charge in [-0.15, -0.1) is 0 Å². The summed E-state index contributed by atoms with van der Waals surface area (Å²) < 4.78 is 0. The Morgan fingerprint density at radius 2 is 2.25 bits per heavy atom. The number of hydrogen-bond donors (Lipinski definition) is 1. The number of nitrogens with zero attached hydrogens (tertiary/aromatic N) is 2. The van der Waals surface area contributed by atoms with E-state index in [9.17, 15) is 0 Å². The summed E-state index contributed by atoms with van der Waals surface area (Å²) in [4.78, 5) is 6.67. The average molecular weight is 221 g/mol. The fourth-order valence-corrected chi connectivity index (χ4v) is 1.87. The van der Waals surface area contributed by atoms with Gasteiger partial charge in [-0.25, -0.2) is 0 Å². The van der Waals surface area contributed by atoms with Crippen molar-refractivity contribution in [3.05, 3.63) is 30.1 Å². The van der Waals surface area contributed by atoms with Gasteiger partial charge in [0.2, 0.25) is 0 Å². The van der Waals surface area contributed by atoms with Gasteiger partial charge in [-0.3, -0.25) is 4.98 Å². The second-order valence-electron chi connectivity index (χ2n) is 4.23. The van der Waals surface area contributed by atoms with Crippen LogP contribution in [0.5, 0.6) is 0 Å². The first-order valence-electron chi connectivity index (χ1n) is 6.08. The maximum absolute atomic E-state index is 5.77. The Kier molecular flexibility index (Phi) is 6.04. The van der Waals surface area contributed by atoms with Gasteiger partial charge in [-0.2, -0.15) is 0 Å². The van der Waals surface area contributed by atoms with Crippen LogP contribution < -0.4 is 5.73 Å². The van der Waals surface area contributed by atoms with Crippen molar-refractivity contribution < 1.29 is 0 Å². The third-order valence-corrected chi connectivity index (χ3v) is 2.96. The molecule has 1 aromatic heterocycles. The lowest BCUT2D eigenvalue weighted by molar-refractivity contribution is 0.236. The monoisotopic (exact) mass is 221 g/mol. The molecule has 0 fully saturated rings. The lowest BCUT2D eigenvalue weighted by atomic mass is 10.1. The molecule has 0 aliphatic heterocycles. The van der Waals surface area contributed by atoms with Crippen molar-refractivity contribution in [3.8, 4) is 0 Å². The summed E-state index contributed by atoms with van der Waals surface area (Å²) in [5.41, 5.74) is 6.93. The van der Waals surface area contributed by atoms with Crippen molar-refractivity contribution in [2.24, 2.45) is 5.73 Å². The molecule has 0 saturated carbocycles. The number of aromatic nitrogens is 1. The van der Waals surface area contributed by atoms with Crippen molar-refractivity contribution in [2.75, 3.05) is 20.1 Å². The molecule has 0 amide bonds. The molecule has 1 aromatic rings. The first-order chi connectivity index (χ1) is 7.77. The zero-order valence-electron chi connectivity index (χ0n) is 10.4. The summed E-state index contributed by atoms with van der Waals surface area (Å²) >= 11 is 0. The lowest BCUT2D eigenvalue weighted by Gasteiger charge is -2.26. The fraction of sp³-hybridized carbons (Fsp3) is 0.615. The minimum absolute atomic E-state index is 0.508. The summed E-state index contributed by atoms with van der Waals surface area (Å²) in [5.74, 6) is 0. The van der Waals surface area contributed by atoms with E-state index in [0.717, 1.165) is 25.2 Å². The Labute approximate surface area is 98.7 Å². The van der Waals surface area contributed by atoms with Gasteiger partial charge >= 0.3 is 0 Å². The molecule has 16 heavy (non-hydrogen) atoms. The Morgan fingerprint density at radius 3 is 2.81 bits per heavy atom. The molecule has 0 spiro atoms. The van der Waals surface area contributed by atoms with E-state index in [1.807, 2.05) is 18.3 Å². The van der Waals surface area contributed by atoms with Crippen molar-refractivity contribution in [1.82, 2.24) is 9.88 Å². The van der Waals surface area contributed by atoms with Crippen molar-refractivity contribution in [2.45, 2.75) is 32.2 Å². The van der Waals surface area contributed by atoms with Crippen LogP contribution in [-0.2, 0) is 6.42 Å². The molecule has 3 heteroatoms. The standard InChI is InChI=1S/C13H23N3/c1-3-6-13(11-14)16(2)10-8-12-7-4-5-9-15-12/h4-5,7,9,13H,3,6,8,10-11,14H2,1-2H3. The second kappa shape index (κ2) is 7.36. The molecule has 0 aliphatic carbocycles. The number of nitrogens with two attached hydrogens (primary N) is 1. The van der Waals surface area contributed by atoms with Crippen molar-refractivity contribution in [3.63, 3.8) is 0 Å². The highest BCUT2D eigenvalue weighted by Gasteiger charge is 2.11. The maximum atomic E-state index is 5.77. The van der Waals surface area contributed by atoms with Crippen molar-refractivity contribution in [1.29, 1.82) is 0 Å². The van der Waals surface area contributed by atoms with E-state index in [1.165, 1.54) is 12.8 Å². The van der Waals surface area contributed by atoms with E-state index in [0.29, 0.717) is 6.04 Å². The summed E-state index contributed by atoms with van der Waals surface area (Å²) in [5, 5.41) is 0. The van der Waals surface area contributed by atoms with E-state index >= 15 is 0 Å². The number of pyridine rings is 1. The highest BCUT2D eigenvalue weighted by molar-refractivity contribution is 5.03. The second-order valence-corrected chi connectivity index (χ2v) is 4.23. The molecule has 0 aliphatic rings. The van der Waals surface area contributed by atoms with Crippen LogP contribution in [0.1, 0.15) is 25.5 Å². The van der Waals surface area contributed by atoms with Crippen LogP contribution >= 0.6 is 0 Å². The minimum atomic E-state index is 0.508. The average Bonchev–Trinajstić information content (AvgIpc) is 2.34. The van der Waals surface area contributed by atoms with Crippen LogP contribution in [-0.4, -0.2) is 36.1 Å². The summed E-state index contributed by atoms with van der Waals surface area (Å²) in [6.07, 6.45) is 5.21. The van der Waals surface area contributed by atoms with E-state index in [1.54, 1.807) is 0 Å². The topological polar surface area (TPSA) is 42.1 Å². The smallest absolute Gasteiger partial charge is 0.0416 e. The number of likely N-dealkylation sites (N-methyl/N-ethyl adjacent to an activating group) is 1. The van der Waals surface area contributed by atoms with Gasteiger partial charge in [0.1, 0.15) is 0 Å².